The van der Waals surface area contributed by atoms with E-state index in [1.165, 1.54) is 6.07 Å². The minimum absolute atomic E-state index is 0.0644. The molecule has 4 rings (SSSR count). The number of amides is 1. The van der Waals surface area contributed by atoms with Crippen molar-refractivity contribution in [1.82, 2.24) is 15.3 Å². The second-order valence-electron chi connectivity index (χ2n) is 10.0. The molecule has 13 heteroatoms. The summed E-state index contributed by atoms with van der Waals surface area (Å²) in [5.74, 6) is 0.698. The largest absolute Gasteiger partial charge is 0.478 e. The lowest BCUT2D eigenvalue weighted by atomic mass is 10.0. The number of aromatic nitrogens is 2. The first kappa shape index (κ1) is 31.6. The van der Waals surface area contributed by atoms with Gasteiger partial charge in [0.25, 0.3) is 0 Å². The second kappa shape index (κ2) is 14.2. The number of nitrogens with two attached hydrogens (primary N) is 1. The number of anilines is 4. The Morgan fingerprint density at radius 3 is 2.51 bits per heavy atom. The number of para-hydroxylation sites is 1. The molecule has 2 aromatic heterocycles. The molecule has 0 aliphatic heterocycles. The standard InChI is InChI=1S/C30H33Cl2N7O4/c1-16(2)25(29(40)34-13-12-33)39-28-26(27(36-17(3)37-28)38-23-7-5-4-6-20(23)30(41)42)35-15-19-9-11-24(43-19)21-14-18(31)8-10-22(21)32/h4-11,14,16,25,35H,12-13,15,33H2,1-3H3,(H,34,40)(H,41,42)(H2,36,37,38,39). The van der Waals surface area contributed by atoms with Gasteiger partial charge < -0.3 is 36.5 Å². The Balaban J connectivity index is 1.72. The Labute approximate surface area is 259 Å². The number of carboxylic acid groups (broad SMARTS) is 1. The lowest BCUT2D eigenvalue weighted by Crippen LogP contribution is -2.44. The maximum atomic E-state index is 13.0. The molecule has 0 bridgehead atoms. The van der Waals surface area contributed by atoms with E-state index in [0.29, 0.717) is 69.1 Å². The summed E-state index contributed by atoms with van der Waals surface area (Å²) in [5, 5.41) is 23.3. The molecular formula is C30H33Cl2N7O4. The number of carbonyl (C=O) groups excluding carboxylic acids is 1. The van der Waals surface area contributed by atoms with Crippen molar-refractivity contribution in [3.63, 3.8) is 0 Å². The van der Waals surface area contributed by atoms with Crippen LogP contribution in [-0.4, -0.2) is 46.1 Å². The van der Waals surface area contributed by atoms with Gasteiger partial charge in [-0.15, -0.1) is 0 Å². The molecular weight excluding hydrogens is 593 g/mol. The summed E-state index contributed by atoms with van der Waals surface area (Å²) < 4.78 is 6.06. The molecule has 0 aliphatic rings. The van der Waals surface area contributed by atoms with Crippen LogP contribution in [0.15, 0.2) is 59.0 Å². The normalized spacial score (nSPS) is 11.7. The van der Waals surface area contributed by atoms with Crippen LogP contribution in [0.4, 0.5) is 23.0 Å². The van der Waals surface area contributed by atoms with E-state index >= 15 is 0 Å². The van der Waals surface area contributed by atoms with Gasteiger partial charge in [0, 0.05) is 23.7 Å². The van der Waals surface area contributed by atoms with Crippen molar-refractivity contribution in [3.05, 3.63) is 81.8 Å². The highest BCUT2D eigenvalue weighted by atomic mass is 35.5. The number of nitrogens with one attached hydrogen (secondary N) is 4. The third-order valence-corrected chi connectivity index (χ3v) is 6.98. The average molecular weight is 627 g/mol. The maximum Gasteiger partial charge on any atom is 0.337 e. The van der Waals surface area contributed by atoms with E-state index in [9.17, 15) is 14.7 Å². The summed E-state index contributed by atoms with van der Waals surface area (Å²) >= 11 is 12.5. The number of rotatable bonds is 13. The zero-order valence-corrected chi connectivity index (χ0v) is 25.4. The molecule has 226 valence electrons. The van der Waals surface area contributed by atoms with Gasteiger partial charge in [0.05, 0.1) is 22.8 Å². The van der Waals surface area contributed by atoms with Gasteiger partial charge in [-0.05, 0) is 55.3 Å². The summed E-state index contributed by atoms with van der Waals surface area (Å²) in [7, 11) is 0. The smallest absolute Gasteiger partial charge is 0.337 e. The summed E-state index contributed by atoms with van der Waals surface area (Å²) in [4.78, 5) is 34.1. The highest BCUT2D eigenvalue weighted by Gasteiger charge is 2.25. The molecule has 4 aromatic rings. The summed E-state index contributed by atoms with van der Waals surface area (Å²) in [6, 6.07) is 14.5. The number of benzene rings is 2. The Morgan fingerprint density at radius 1 is 1.05 bits per heavy atom. The van der Waals surface area contributed by atoms with Crippen LogP contribution >= 0.6 is 23.2 Å². The molecule has 11 nitrogen and oxygen atoms in total. The zero-order valence-electron chi connectivity index (χ0n) is 23.9. The van der Waals surface area contributed by atoms with Crippen LogP contribution < -0.4 is 27.0 Å². The van der Waals surface area contributed by atoms with Gasteiger partial charge in [-0.1, -0.05) is 49.2 Å². The lowest BCUT2D eigenvalue weighted by molar-refractivity contribution is -0.122. The quantitative estimate of drug-likeness (QED) is 0.105. The molecule has 2 heterocycles. The summed E-state index contributed by atoms with van der Waals surface area (Å²) in [6.45, 7) is 6.35. The van der Waals surface area contributed by atoms with E-state index in [4.69, 9.17) is 33.4 Å². The molecule has 0 spiro atoms. The van der Waals surface area contributed by atoms with E-state index in [1.54, 1.807) is 55.5 Å². The number of hydrogen-bond acceptors (Lipinski definition) is 9. The zero-order chi connectivity index (χ0) is 31.1. The fourth-order valence-electron chi connectivity index (χ4n) is 4.31. The molecule has 7 N–H and O–H groups in total. The van der Waals surface area contributed by atoms with E-state index < -0.39 is 12.0 Å². The van der Waals surface area contributed by atoms with E-state index in [0.717, 1.165) is 0 Å². The van der Waals surface area contributed by atoms with Crippen molar-refractivity contribution in [2.45, 2.75) is 33.4 Å². The van der Waals surface area contributed by atoms with Gasteiger partial charge in [0.2, 0.25) is 5.91 Å². The van der Waals surface area contributed by atoms with Crippen molar-refractivity contribution < 1.29 is 19.1 Å². The first-order valence-corrected chi connectivity index (χ1v) is 14.3. The molecule has 1 unspecified atom stereocenters. The first-order valence-electron chi connectivity index (χ1n) is 13.6. The molecule has 43 heavy (non-hydrogen) atoms. The van der Waals surface area contributed by atoms with Gasteiger partial charge >= 0.3 is 5.97 Å². The molecule has 0 saturated carbocycles. The second-order valence-corrected chi connectivity index (χ2v) is 10.9. The van der Waals surface area contributed by atoms with Crippen molar-refractivity contribution in [2.24, 2.45) is 11.7 Å². The molecule has 0 fully saturated rings. The third-order valence-electron chi connectivity index (χ3n) is 6.41. The van der Waals surface area contributed by atoms with Crippen LogP contribution in [0, 0.1) is 12.8 Å². The first-order chi connectivity index (χ1) is 20.6. The Kier molecular flexibility index (Phi) is 10.5. The fraction of sp³-hybridized carbons (Fsp3) is 0.267. The van der Waals surface area contributed by atoms with E-state index in [-0.39, 0.29) is 23.9 Å². The summed E-state index contributed by atoms with van der Waals surface area (Å²) in [5.41, 5.74) is 7.04. The van der Waals surface area contributed by atoms with Crippen LogP contribution in [0.25, 0.3) is 11.3 Å². The maximum absolute atomic E-state index is 13.0. The van der Waals surface area contributed by atoms with E-state index in [1.807, 2.05) is 13.8 Å². The van der Waals surface area contributed by atoms with Gasteiger partial charge in [0.1, 0.15) is 29.1 Å². The fourth-order valence-corrected chi connectivity index (χ4v) is 4.69. The number of aryl methyl sites for hydroxylation is 1. The number of halogens is 2. The van der Waals surface area contributed by atoms with Crippen molar-refractivity contribution in [3.8, 4) is 11.3 Å². The van der Waals surface area contributed by atoms with Gasteiger partial charge in [-0.2, -0.15) is 0 Å². The molecule has 0 radical (unpaired) electrons. The minimum atomic E-state index is -1.10. The van der Waals surface area contributed by atoms with Crippen LogP contribution in [0.5, 0.6) is 0 Å². The highest BCUT2D eigenvalue weighted by molar-refractivity contribution is 6.35. The minimum Gasteiger partial charge on any atom is -0.478 e. The van der Waals surface area contributed by atoms with E-state index in [2.05, 4.69) is 31.2 Å². The number of aromatic carboxylic acids is 1. The third kappa shape index (κ3) is 7.95. The predicted octanol–water partition coefficient (Wildman–Crippen LogP) is 5.92. The van der Waals surface area contributed by atoms with Crippen LogP contribution in [0.3, 0.4) is 0 Å². The number of carboxylic acids is 1. The number of furan rings is 1. The Bertz CT molecular complexity index is 1610. The van der Waals surface area contributed by atoms with Crippen molar-refractivity contribution in [2.75, 3.05) is 29.0 Å². The lowest BCUT2D eigenvalue weighted by Gasteiger charge is -2.25. The topological polar surface area (TPSA) is 167 Å². The SMILES string of the molecule is Cc1nc(Nc2ccccc2C(=O)O)c(NCc2ccc(-c3cc(Cl)ccc3Cl)o2)c(NC(C(=O)NCCN)C(C)C)n1. The molecule has 0 saturated heterocycles. The number of hydrogen-bond donors (Lipinski definition) is 6. The highest BCUT2D eigenvalue weighted by Crippen LogP contribution is 2.35. The average Bonchev–Trinajstić information content (AvgIpc) is 3.44. The van der Waals surface area contributed by atoms with Crippen LogP contribution in [0.1, 0.15) is 35.8 Å². The predicted molar refractivity (Wildman–Crippen MR) is 169 cm³/mol. The molecule has 2 aromatic carbocycles. The van der Waals surface area contributed by atoms with Gasteiger partial charge in [-0.3, -0.25) is 4.79 Å². The Morgan fingerprint density at radius 2 is 1.79 bits per heavy atom. The van der Waals surface area contributed by atoms with Gasteiger partial charge in [0.15, 0.2) is 11.6 Å². The molecule has 1 amide bonds. The van der Waals surface area contributed by atoms with Crippen molar-refractivity contribution >= 4 is 58.1 Å². The Hall–Kier alpha value is -4.32. The summed E-state index contributed by atoms with van der Waals surface area (Å²) in [6.07, 6.45) is 0. The molecule has 1 atom stereocenters. The van der Waals surface area contributed by atoms with Crippen LogP contribution in [-0.2, 0) is 11.3 Å². The van der Waals surface area contributed by atoms with Crippen molar-refractivity contribution in [1.29, 1.82) is 0 Å². The van der Waals surface area contributed by atoms with Crippen LogP contribution in [0.2, 0.25) is 10.0 Å². The monoisotopic (exact) mass is 625 g/mol. The molecule has 0 aliphatic carbocycles. The van der Waals surface area contributed by atoms with Gasteiger partial charge in [-0.25, -0.2) is 14.8 Å². The number of nitrogens with zero attached hydrogens (tertiary/aromatic N) is 2. The number of carbonyl (C=O) groups is 2.